The molecule has 0 amide bonds. The van der Waals surface area contributed by atoms with Crippen LogP contribution in [-0.2, 0) is 23.1 Å². The van der Waals surface area contributed by atoms with Crippen LogP contribution >= 0.6 is 7.82 Å². The fourth-order valence-corrected chi connectivity index (χ4v) is 1.13. The van der Waals surface area contributed by atoms with Gasteiger partial charge in [0.2, 0.25) is 0 Å². The summed E-state index contributed by atoms with van der Waals surface area (Å²) in [5.41, 5.74) is 0. The summed E-state index contributed by atoms with van der Waals surface area (Å²) in [6.07, 6.45) is 2.12. The van der Waals surface area contributed by atoms with Gasteiger partial charge in [-0.05, 0) is 12.8 Å². The second kappa shape index (κ2) is 10.7. The molecular formula is C8H17CaO6P. The Hall–Kier alpha value is 0.580. The number of carbonyl (C=O) groups is 1. The smallest absolute Gasteiger partial charge is 1.00 e. The van der Waals surface area contributed by atoms with Crippen molar-refractivity contribution >= 4 is 51.5 Å². The van der Waals surface area contributed by atoms with Gasteiger partial charge in [0.15, 0.2) is 0 Å². The van der Waals surface area contributed by atoms with Crippen LogP contribution in [0.1, 0.15) is 15.7 Å². The molecule has 0 fully saturated rings. The van der Waals surface area contributed by atoms with Gasteiger partial charge in [-0.1, -0.05) is 6.58 Å². The minimum atomic E-state index is -3.87. The van der Waals surface area contributed by atoms with Crippen LogP contribution in [0.3, 0.4) is 0 Å². The van der Waals surface area contributed by atoms with Gasteiger partial charge in [-0.3, -0.25) is 9.05 Å². The molecule has 0 aromatic carbocycles. The number of carbonyl (C=O) groups excluding carboxylic acids is 1. The molecule has 0 radical (unpaired) electrons. The van der Waals surface area contributed by atoms with E-state index in [2.05, 4.69) is 20.4 Å². The number of phosphoric ester groups is 1. The Bertz CT molecular complexity index is 266. The summed E-state index contributed by atoms with van der Waals surface area (Å²) < 4.78 is 24.2. The molecule has 16 heavy (non-hydrogen) atoms. The van der Waals surface area contributed by atoms with E-state index >= 15 is 0 Å². The van der Waals surface area contributed by atoms with E-state index < -0.39 is 13.8 Å². The minimum absolute atomic E-state index is 0. The average molecular weight is 280 g/mol. The fraction of sp³-hybridized carbons (Fsp3) is 0.625. The standard InChI is InChI=1S/C8H15O6P.Ca.2H/c1-3-8(9)13-6-4-5-7-14-15(10,11)12-2;;;/h3H,1,4-7H2,2H3,(H,10,11);;;/q;+2;2*-1. The number of esters is 1. The molecule has 0 aliphatic rings. The molecule has 0 saturated carbocycles. The molecule has 0 rings (SSSR count). The van der Waals surface area contributed by atoms with Gasteiger partial charge < -0.3 is 12.5 Å². The monoisotopic (exact) mass is 280 g/mol. The summed E-state index contributed by atoms with van der Waals surface area (Å²) in [6.45, 7) is 3.54. The zero-order chi connectivity index (χ0) is 11.7. The van der Waals surface area contributed by atoms with Gasteiger partial charge in [0.1, 0.15) is 0 Å². The van der Waals surface area contributed by atoms with Gasteiger partial charge in [-0.25, -0.2) is 9.36 Å². The van der Waals surface area contributed by atoms with E-state index in [1.807, 2.05) is 0 Å². The molecule has 0 heterocycles. The summed E-state index contributed by atoms with van der Waals surface area (Å²) in [6, 6.07) is 0. The van der Waals surface area contributed by atoms with Crippen molar-refractivity contribution < 1.29 is 30.9 Å². The first-order valence-electron chi connectivity index (χ1n) is 4.34. The Morgan fingerprint density at radius 2 is 2.06 bits per heavy atom. The maximum atomic E-state index is 10.8. The molecule has 0 aliphatic carbocycles. The normalized spacial score (nSPS) is 13.4. The third kappa shape index (κ3) is 11.1. The Morgan fingerprint density at radius 3 is 2.56 bits per heavy atom. The molecular weight excluding hydrogens is 263 g/mol. The van der Waals surface area contributed by atoms with E-state index in [0.717, 1.165) is 13.2 Å². The van der Waals surface area contributed by atoms with Crippen LogP contribution in [0.4, 0.5) is 0 Å². The predicted octanol–water partition coefficient (Wildman–Crippen LogP) is 1.10. The second-order valence-electron chi connectivity index (χ2n) is 2.56. The van der Waals surface area contributed by atoms with E-state index in [4.69, 9.17) is 4.89 Å². The van der Waals surface area contributed by atoms with Gasteiger partial charge in [0.05, 0.1) is 13.2 Å². The van der Waals surface area contributed by atoms with Crippen LogP contribution in [-0.4, -0.2) is 68.9 Å². The molecule has 1 atom stereocenters. The molecule has 92 valence electrons. The molecule has 1 unspecified atom stereocenters. The topological polar surface area (TPSA) is 82.1 Å². The number of ether oxygens (including phenoxy) is 1. The van der Waals surface area contributed by atoms with Crippen molar-refractivity contribution in [1.82, 2.24) is 0 Å². The van der Waals surface area contributed by atoms with E-state index in [9.17, 15) is 9.36 Å². The van der Waals surface area contributed by atoms with Crippen molar-refractivity contribution in [3.8, 4) is 0 Å². The van der Waals surface area contributed by atoms with E-state index in [1.54, 1.807) is 0 Å². The maximum Gasteiger partial charge on any atom is 2.00 e. The molecule has 1 N–H and O–H groups in total. The van der Waals surface area contributed by atoms with Crippen molar-refractivity contribution in [2.75, 3.05) is 20.3 Å². The van der Waals surface area contributed by atoms with Crippen LogP contribution in [0.2, 0.25) is 0 Å². The fourth-order valence-electron chi connectivity index (χ4n) is 0.668. The third-order valence-electron chi connectivity index (χ3n) is 1.43. The Morgan fingerprint density at radius 1 is 1.50 bits per heavy atom. The van der Waals surface area contributed by atoms with Crippen molar-refractivity contribution in [3.63, 3.8) is 0 Å². The van der Waals surface area contributed by atoms with Gasteiger partial charge in [-0.15, -0.1) is 0 Å². The first-order chi connectivity index (χ1) is 7.02. The van der Waals surface area contributed by atoms with E-state index in [-0.39, 0.29) is 53.8 Å². The number of hydrogen-bond acceptors (Lipinski definition) is 5. The molecule has 0 saturated heterocycles. The first kappa shape index (κ1) is 18.9. The van der Waals surface area contributed by atoms with Gasteiger partial charge in [0.25, 0.3) is 0 Å². The van der Waals surface area contributed by atoms with E-state index in [0.29, 0.717) is 12.8 Å². The SMILES string of the molecule is C=CC(=O)OCCCCOP(=O)(O)OC.[Ca+2].[H-].[H-]. The minimum Gasteiger partial charge on any atom is -1.00 e. The molecule has 8 heteroatoms. The van der Waals surface area contributed by atoms with Crippen LogP contribution in [0.25, 0.3) is 0 Å². The molecule has 0 aliphatic heterocycles. The summed E-state index contributed by atoms with van der Waals surface area (Å²) in [7, 11) is -2.78. The van der Waals surface area contributed by atoms with Crippen LogP contribution < -0.4 is 0 Å². The van der Waals surface area contributed by atoms with Gasteiger partial charge in [-0.2, -0.15) is 0 Å². The van der Waals surface area contributed by atoms with Crippen molar-refractivity contribution in [2.45, 2.75) is 12.8 Å². The van der Waals surface area contributed by atoms with E-state index in [1.165, 1.54) is 0 Å². The number of hydrogen-bond donors (Lipinski definition) is 1. The average Bonchev–Trinajstić information content (AvgIpc) is 2.22. The third-order valence-corrected chi connectivity index (χ3v) is 2.41. The quantitative estimate of drug-likeness (QED) is 0.236. The zero-order valence-electron chi connectivity index (χ0n) is 11.3. The van der Waals surface area contributed by atoms with Gasteiger partial charge in [0, 0.05) is 13.2 Å². The Kier molecular flexibility index (Phi) is 12.7. The summed E-state index contributed by atoms with van der Waals surface area (Å²) in [4.78, 5) is 19.4. The maximum absolute atomic E-state index is 10.8. The molecule has 6 nitrogen and oxygen atoms in total. The molecule has 0 aromatic heterocycles. The number of unbranched alkanes of at least 4 members (excludes halogenated alkanes) is 1. The van der Waals surface area contributed by atoms with Crippen molar-refractivity contribution in [2.24, 2.45) is 0 Å². The largest absolute Gasteiger partial charge is 2.00 e. The van der Waals surface area contributed by atoms with Crippen LogP contribution in [0.5, 0.6) is 0 Å². The Balaban J connectivity index is -0.000000327. The van der Waals surface area contributed by atoms with Crippen molar-refractivity contribution in [1.29, 1.82) is 0 Å². The Labute approximate surface area is 128 Å². The van der Waals surface area contributed by atoms with Crippen LogP contribution in [0.15, 0.2) is 12.7 Å². The first-order valence-corrected chi connectivity index (χ1v) is 5.83. The van der Waals surface area contributed by atoms with Crippen LogP contribution in [0, 0.1) is 0 Å². The summed E-state index contributed by atoms with van der Waals surface area (Å²) >= 11 is 0. The predicted molar refractivity (Wildman–Crippen MR) is 61.2 cm³/mol. The molecule has 0 aromatic rings. The summed E-state index contributed by atoms with van der Waals surface area (Å²) in [5.74, 6) is -0.486. The summed E-state index contributed by atoms with van der Waals surface area (Å²) in [5, 5.41) is 0. The van der Waals surface area contributed by atoms with Gasteiger partial charge >= 0.3 is 51.5 Å². The molecule has 0 spiro atoms. The number of rotatable bonds is 8. The second-order valence-corrected chi connectivity index (χ2v) is 4.12. The molecule has 0 bridgehead atoms. The van der Waals surface area contributed by atoms with Crippen molar-refractivity contribution in [3.05, 3.63) is 12.7 Å². The number of phosphoric acid groups is 1. The zero-order valence-corrected chi connectivity index (χ0v) is 12.4.